The highest BCUT2D eigenvalue weighted by atomic mass is 32.2. The molecule has 3 atom stereocenters. The maximum Gasteiger partial charge on any atom is 0.0784 e. The lowest BCUT2D eigenvalue weighted by atomic mass is 9.76. The molecule has 16 heavy (non-hydrogen) atoms. The van der Waals surface area contributed by atoms with E-state index in [0.717, 1.165) is 31.6 Å². The summed E-state index contributed by atoms with van der Waals surface area (Å²) in [7, 11) is 1.90. The van der Waals surface area contributed by atoms with Crippen LogP contribution in [0, 0.1) is 5.92 Å². The third kappa shape index (κ3) is 2.55. The topological polar surface area (TPSA) is 41.5 Å². The van der Waals surface area contributed by atoms with Crippen molar-refractivity contribution >= 4 is 11.8 Å². The first-order chi connectivity index (χ1) is 7.58. The molecule has 2 fully saturated rings. The number of nitrogens with one attached hydrogen (secondary N) is 1. The summed E-state index contributed by atoms with van der Waals surface area (Å²) in [6, 6.07) is 0. The fraction of sp³-hybridized carbons (Fsp3) is 1.00. The largest absolute Gasteiger partial charge is 0.389 e. The first kappa shape index (κ1) is 12.7. The Labute approximate surface area is 102 Å². The SMILES string of the molecule is CNCC(C)(O)C1CCOC2(CCSC2)C1. The monoisotopic (exact) mass is 245 g/mol. The summed E-state index contributed by atoms with van der Waals surface area (Å²) in [5.74, 6) is 2.69. The molecule has 2 heterocycles. The van der Waals surface area contributed by atoms with E-state index in [9.17, 15) is 5.11 Å². The summed E-state index contributed by atoms with van der Waals surface area (Å²) < 4.78 is 5.98. The van der Waals surface area contributed by atoms with Crippen molar-refractivity contribution in [2.45, 2.75) is 37.4 Å². The summed E-state index contributed by atoms with van der Waals surface area (Å²) in [5.41, 5.74) is -0.524. The van der Waals surface area contributed by atoms with Crippen LogP contribution < -0.4 is 5.32 Å². The average molecular weight is 245 g/mol. The van der Waals surface area contributed by atoms with Crippen LogP contribution in [0.15, 0.2) is 0 Å². The van der Waals surface area contributed by atoms with E-state index in [4.69, 9.17) is 4.74 Å². The number of hydrogen-bond acceptors (Lipinski definition) is 4. The van der Waals surface area contributed by atoms with Crippen LogP contribution in [0.4, 0.5) is 0 Å². The van der Waals surface area contributed by atoms with Crippen LogP contribution in [-0.4, -0.2) is 48.0 Å². The van der Waals surface area contributed by atoms with Gasteiger partial charge in [0, 0.05) is 18.9 Å². The van der Waals surface area contributed by atoms with Crippen molar-refractivity contribution < 1.29 is 9.84 Å². The van der Waals surface area contributed by atoms with E-state index in [2.05, 4.69) is 5.32 Å². The minimum atomic E-state index is -0.598. The zero-order valence-electron chi connectivity index (χ0n) is 10.3. The maximum absolute atomic E-state index is 10.5. The second-order valence-electron chi connectivity index (χ2n) is 5.41. The van der Waals surface area contributed by atoms with Crippen molar-refractivity contribution in [3.63, 3.8) is 0 Å². The highest BCUT2D eigenvalue weighted by molar-refractivity contribution is 7.99. The second kappa shape index (κ2) is 4.84. The minimum Gasteiger partial charge on any atom is -0.389 e. The normalized spacial score (nSPS) is 38.8. The molecular formula is C12H23NO2S. The molecule has 2 saturated heterocycles. The Balaban J connectivity index is 2.00. The molecule has 0 amide bonds. The van der Waals surface area contributed by atoms with Gasteiger partial charge in [-0.2, -0.15) is 11.8 Å². The molecule has 0 radical (unpaired) electrons. The Hall–Kier alpha value is 0.230. The first-order valence-electron chi connectivity index (χ1n) is 6.17. The van der Waals surface area contributed by atoms with Crippen molar-refractivity contribution in [3.05, 3.63) is 0 Å². The molecule has 0 aromatic carbocycles. The van der Waals surface area contributed by atoms with Crippen molar-refractivity contribution in [2.24, 2.45) is 5.92 Å². The lowest BCUT2D eigenvalue weighted by Crippen LogP contribution is -2.51. The molecule has 0 aromatic heterocycles. The quantitative estimate of drug-likeness (QED) is 0.785. The van der Waals surface area contributed by atoms with Crippen molar-refractivity contribution in [1.82, 2.24) is 5.32 Å². The molecule has 3 unspecified atom stereocenters. The molecule has 2 aliphatic heterocycles. The predicted octanol–water partition coefficient (Wildman–Crippen LogP) is 1.26. The van der Waals surface area contributed by atoms with Gasteiger partial charge in [-0.05, 0) is 44.9 Å². The Morgan fingerprint density at radius 3 is 3.06 bits per heavy atom. The van der Waals surface area contributed by atoms with Crippen LogP contribution in [0.1, 0.15) is 26.2 Å². The molecule has 0 saturated carbocycles. The van der Waals surface area contributed by atoms with Gasteiger partial charge in [-0.1, -0.05) is 0 Å². The Morgan fingerprint density at radius 2 is 2.44 bits per heavy atom. The second-order valence-corrected chi connectivity index (χ2v) is 6.52. The van der Waals surface area contributed by atoms with Gasteiger partial charge in [0.1, 0.15) is 0 Å². The fourth-order valence-corrected chi connectivity index (χ4v) is 4.30. The molecule has 94 valence electrons. The molecule has 2 aliphatic rings. The summed E-state index contributed by atoms with van der Waals surface area (Å²) in [5, 5.41) is 13.5. The minimum absolute atomic E-state index is 0.0747. The molecule has 0 aliphatic carbocycles. The molecule has 0 aromatic rings. The molecule has 2 N–H and O–H groups in total. The van der Waals surface area contributed by atoms with Crippen LogP contribution >= 0.6 is 11.8 Å². The van der Waals surface area contributed by atoms with Crippen molar-refractivity contribution in [3.8, 4) is 0 Å². The molecule has 1 spiro atoms. The van der Waals surface area contributed by atoms with Crippen LogP contribution in [0.3, 0.4) is 0 Å². The van der Waals surface area contributed by atoms with Crippen LogP contribution in [0.25, 0.3) is 0 Å². The maximum atomic E-state index is 10.5. The summed E-state index contributed by atoms with van der Waals surface area (Å²) in [6.45, 7) is 3.43. The highest BCUT2D eigenvalue weighted by Gasteiger charge is 2.45. The number of thioether (sulfide) groups is 1. The average Bonchev–Trinajstić information content (AvgIpc) is 2.66. The van der Waals surface area contributed by atoms with Crippen LogP contribution in [0.2, 0.25) is 0 Å². The van der Waals surface area contributed by atoms with Gasteiger partial charge < -0.3 is 15.2 Å². The third-order valence-electron chi connectivity index (χ3n) is 3.97. The van der Waals surface area contributed by atoms with E-state index < -0.39 is 5.60 Å². The number of ether oxygens (including phenoxy) is 1. The predicted molar refractivity (Wildman–Crippen MR) is 67.9 cm³/mol. The van der Waals surface area contributed by atoms with E-state index in [0.29, 0.717) is 12.5 Å². The van der Waals surface area contributed by atoms with E-state index >= 15 is 0 Å². The first-order valence-corrected chi connectivity index (χ1v) is 7.32. The summed E-state index contributed by atoms with van der Waals surface area (Å²) >= 11 is 1.98. The van der Waals surface area contributed by atoms with Gasteiger partial charge in [0.2, 0.25) is 0 Å². The van der Waals surface area contributed by atoms with Gasteiger partial charge in [-0.15, -0.1) is 0 Å². The zero-order valence-corrected chi connectivity index (χ0v) is 11.1. The van der Waals surface area contributed by atoms with E-state index in [1.165, 1.54) is 5.75 Å². The number of hydrogen-bond donors (Lipinski definition) is 2. The van der Waals surface area contributed by atoms with Gasteiger partial charge in [0.05, 0.1) is 11.2 Å². The third-order valence-corrected chi connectivity index (χ3v) is 5.20. The van der Waals surface area contributed by atoms with Gasteiger partial charge in [0.25, 0.3) is 0 Å². The highest BCUT2D eigenvalue weighted by Crippen LogP contribution is 2.43. The van der Waals surface area contributed by atoms with Gasteiger partial charge >= 0.3 is 0 Å². The standard InChI is InChI=1S/C12H23NO2S/c1-11(14,8-13-2)10-3-5-15-12(7-10)4-6-16-9-12/h10,13-14H,3-9H2,1-2H3. The Morgan fingerprint density at radius 1 is 1.62 bits per heavy atom. The number of likely N-dealkylation sites (N-methyl/N-ethyl adjacent to an activating group) is 1. The fourth-order valence-electron chi connectivity index (χ4n) is 2.92. The Kier molecular flexibility index (Phi) is 3.84. The zero-order chi connectivity index (χ0) is 11.6. The van der Waals surface area contributed by atoms with Crippen LogP contribution in [-0.2, 0) is 4.74 Å². The van der Waals surface area contributed by atoms with Gasteiger partial charge in [-0.25, -0.2) is 0 Å². The Bertz CT molecular complexity index is 239. The van der Waals surface area contributed by atoms with E-state index in [1.807, 2.05) is 25.7 Å². The van der Waals surface area contributed by atoms with Gasteiger partial charge in [-0.3, -0.25) is 0 Å². The van der Waals surface area contributed by atoms with Gasteiger partial charge in [0.15, 0.2) is 0 Å². The van der Waals surface area contributed by atoms with Crippen molar-refractivity contribution in [1.29, 1.82) is 0 Å². The lowest BCUT2D eigenvalue weighted by Gasteiger charge is -2.43. The van der Waals surface area contributed by atoms with E-state index in [1.54, 1.807) is 0 Å². The number of rotatable bonds is 3. The van der Waals surface area contributed by atoms with Crippen LogP contribution in [0.5, 0.6) is 0 Å². The molecule has 2 rings (SSSR count). The lowest BCUT2D eigenvalue weighted by molar-refractivity contribution is -0.125. The summed E-state index contributed by atoms with van der Waals surface area (Å²) in [4.78, 5) is 0. The molecule has 4 heteroatoms. The smallest absolute Gasteiger partial charge is 0.0784 e. The van der Waals surface area contributed by atoms with E-state index in [-0.39, 0.29) is 5.60 Å². The molecular weight excluding hydrogens is 222 g/mol. The number of aliphatic hydroxyl groups is 1. The summed E-state index contributed by atoms with van der Waals surface area (Å²) in [6.07, 6.45) is 3.17. The molecule has 3 nitrogen and oxygen atoms in total. The van der Waals surface area contributed by atoms with Crippen molar-refractivity contribution in [2.75, 3.05) is 31.7 Å². The molecule has 0 bridgehead atoms.